The third kappa shape index (κ3) is 6.40. The Morgan fingerprint density at radius 1 is 1.12 bits per heavy atom. The number of carbonyl (C=O) groups is 1. The van der Waals surface area contributed by atoms with Gasteiger partial charge in [-0.15, -0.1) is 0 Å². The highest BCUT2D eigenvalue weighted by molar-refractivity contribution is 7.85. The number of hydrogen-bond donors (Lipinski definition) is 0. The van der Waals surface area contributed by atoms with Gasteiger partial charge < -0.3 is 23.8 Å². The average Bonchev–Trinajstić information content (AvgIpc) is 3.15. The molecule has 1 fully saturated rings. The molecule has 0 radical (unpaired) electrons. The van der Waals surface area contributed by atoms with Crippen LogP contribution in [-0.2, 0) is 36.8 Å². The van der Waals surface area contributed by atoms with Crippen LogP contribution < -0.4 is 9.47 Å². The Bertz CT molecular complexity index is 1130. The fraction of sp³-hybridized carbons (Fsp3) is 0.458. The van der Waals surface area contributed by atoms with Gasteiger partial charge in [0.25, 0.3) is 10.1 Å². The fourth-order valence-corrected chi connectivity index (χ4v) is 4.15. The fourth-order valence-electron chi connectivity index (χ4n) is 3.78. The number of cyclic esters (lactones) is 1. The topological polar surface area (TPSA) is 101 Å². The third-order valence-corrected chi connectivity index (χ3v) is 6.11. The van der Waals surface area contributed by atoms with Crippen molar-refractivity contribution in [2.45, 2.75) is 38.8 Å². The van der Waals surface area contributed by atoms with Gasteiger partial charge in [0.1, 0.15) is 30.8 Å². The van der Waals surface area contributed by atoms with Crippen LogP contribution in [0, 0.1) is 0 Å². The summed E-state index contributed by atoms with van der Waals surface area (Å²) in [5, 5.41) is 0. The molecule has 1 amide bonds. The average molecular weight is 492 g/mol. The first-order valence-electron chi connectivity index (χ1n) is 11.1. The van der Waals surface area contributed by atoms with Crippen molar-refractivity contribution in [3.05, 3.63) is 59.2 Å². The molecule has 0 aliphatic carbocycles. The first-order valence-corrected chi connectivity index (χ1v) is 12.9. The van der Waals surface area contributed by atoms with Gasteiger partial charge >= 0.3 is 6.09 Å². The molecule has 1 unspecified atom stereocenters. The molecule has 2 aliphatic rings. The maximum Gasteiger partial charge on any atom is 0.410 e. The Balaban J connectivity index is 1.27. The number of ether oxygens (including phenoxy) is 4. The molecule has 34 heavy (non-hydrogen) atoms. The summed E-state index contributed by atoms with van der Waals surface area (Å²) in [6, 6.07) is 13.3. The Morgan fingerprint density at radius 3 is 2.62 bits per heavy atom. The normalized spacial score (nSPS) is 19.3. The number of carbonyl (C=O) groups excluding carboxylic acids is 1. The number of nitrogens with zero attached hydrogens (tertiary/aromatic N) is 1. The summed E-state index contributed by atoms with van der Waals surface area (Å²) in [6.07, 6.45) is 0.998. The lowest BCUT2D eigenvalue weighted by molar-refractivity contribution is -0.180. The minimum Gasteiger partial charge on any atom is -0.491 e. The van der Waals surface area contributed by atoms with E-state index < -0.39 is 15.9 Å². The van der Waals surface area contributed by atoms with Gasteiger partial charge in [0, 0.05) is 26.0 Å². The number of hydrogen-bond acceptors (Lipinski definition) is 8. The maximum absolute atomic E-state index is 12.4. The van der Waals surface area contributed by atoms with Gasteiger partial charge in [-0.2, -0.15) is 8.42 Å². The quantitative estimate of drug-likeness (QED) is 0.389. The van der Waals surface area contributed by atoms with Crippen molar-refractivity contribution in [1.29, 1.82) is 0 Å². The highest BCUT2D eigenvalue weighted by atomic mass is 32.2. The summed E-state index contributed by atoms with van der Waals surface area (Å²) in [4.78, 5) is 14.1. The van der Waals surface area contributed by atoms with Crippen LogP contribution in [0.1, 0.15) is 36.6 Å². The lowest BCUT2D eigenvalue weighted by Crippen LogP contribution is -2.35. The highest BCUT2D eigenvalue weighted by Gasteiger charge is 2.33. The van der Waals surface area contributed by atoms with Crippen molar-refractivity contribution in [3.63, 3.8) is 0 Å². The molecule has 0 spiro atoms. The summed E-state index contributed by atoms with van der Waals surface area (Å²) < 4.78 is 49.2. The second-order valence-corrected chi connectivity index (χ2v) is 10.4. The Hall–Kier alpha value is -2.82. The minimum atomic E-state index is -3.47. The standard InChI is InChI=1S/C24H29NO8S/c1-24(2)30-16-19-14-18(6-9-21(19)33-24)22-15-25(23(26)32-22)11-10-17-4-7-20(8-5-17)29-12-13-31-34(3,27)28/h4-9,14,22H,10-13,15-16H2,1-3H3. The molecule has 0 saturated carbocycles. The zero-order chi connectivity index (χ0) is 24.3. The van der Waals surface area contributed by atoms with Crippen molar-refractivity contribution >= 4 is 16.2 Å². The van der Waals surface area contributed by atoms with E-state index in [1.165, 1.54) is 0 Å². The van der Waals surface area contributed by atoms with Crippen molar-refractivity contribution in [1.82, 2.24) is 4.90 Å². The Morgan fingerprint density at radius 2 is 1.88 bits per heavy atom. The van der Waals surface area contributed by atoms with E-state index >= 15 is 0 Å². The predicted octanol–water partition coefficient (Wildman–Crippen LogP) is 3.42. The monoisotopic (exact) mass is 491 g/mol. The molecule has 10 heteroatoms. The van der Waals surface area contributed by atoms with E-state index in [-0.39, 0.29) is 25.4 Å². The molecular weight excluding hydrogens is 462 g/mol. The van der Waals surface area contributed by atoms with Crippen molar-refractivity contribution in [2.24, 2.45) is 0 Å². The van der Waals surface area contributed by atoms with Gasteiger partial charge in [-0.3, -0.25) is 4.18 Å². The van der Waals surface area contributed by atoms with E-state index in [1.54, 1.807) is 17.0 Å². The second-order valence-electron chi connectivity index (χ2n) is 8.74. The molecule has 4 rings (SSSR count). The molecule has 0 N–H and O–H groups in total. The van der Waals surface area contributed by atoms with Crippen LogP contribution in [0.25, 0.3) is 0 Å². The Kier molecular flexibility index (Phi) is 7.01. The minimum absolute atomic E-state index is 0.0406. The predicted molar refractivity (Wildman–Crippen MR) is 123 cm³/mol. The summed E-state index contributed by atoms with van der Waals surface area (Å²) in [7, 11) is -3.47. The van der Waals surface area contributed by atoms with Crippen LogP contribution in [0.4, 0.5) is 4.79 Å². The van der Waals surface area contributed by atoms with Gasteiger partial charge in [-0.05, 0) is 41.8 Å². The zero-order valence-electron chi connectivity index (χ0n) is 19.5. The van der Waals surface area contributed by atoms with Gasteiger partial charge in [-0.25, -0.2) is 4.79 Å². The largest absolute Gasteiger partial charge is 0.491 e. The number of amides is 1. The van der Waals surface area contributed by atoms with Gasteiger partial charge in [0.05, 0.1) is 19.4 Å². The first-order chi connectivity index (χ1) is 16.1. The van der Waals surface area contributed by atoms with E-state index in [4.69, 9.17) is 18.9 Å². The maximum atomic E-state index is 12.4. The van der Waals surface area contributed by atoms with E-state index in [0.717, 1.165) is 28.7 Å². The van der Waals surface area contributed by atoms with Crippen LogP contribution in [0.5, 0.6) is 11.5 Å². The number of benzene rings is 2. The number of fused-ring (bicyclic) bond motifs is 1. The third-order valence-electron chi connectivity index (χ3n) is 5.52. The lowest BCUT2D eigenvalue weighted by Gasteiger charge is -2.32. The van der Waals surface area contributed by atoms with Crippen molar-refractivity contribution in [2.75, 3.05) is 32.6 Å². The van der Waals surface area contributed by atoms with Crippen LogP contribution in [-0.4, -0.2) is 57.8 Å². The summed E-state index contributed by atoms with van der Waals surface area (Å²) >= 11 is 0. The molecule has 0 bridgehead atoms. The van der Waals surface area contributed by atoms with E-state index in [9.17, 15) is 13.2 Å². The number of rotatable bonds is 9. The molecule has 2 aromatic rings. The molecule has 9 nitrogen and oxygen atoms in total. The summed E-state index contributed by atoms with van der Waals surface area (Å²) in [5.41, 5.74) is 2.90. The smallest absolute Gasteiger partial charge is 0.410 e. The molecule has 1 saturated heterocycles. The van der Waals surface area contributed by atoms with E-state index in [2.05, 4.69) is 4.18 Å². The van der Waals surface area contributed by atoms with Crippen LogP contribution in [0.15, 0.2) is 42.5 Å². The van der Waals surface area contributed by atoms with Gasteiger partial charge in [-0.1, -0.05) is 18.2 Å². The van der Waals surface area contributed by atoms with E-state index in [1.807, 2.05) is 44.2 Å². The van der Waals surface area contributed by atoms with Gasteiger partial charge in [0.15, 0.2) is 0 Å². The molecular formula is C24H29NO8S. The van der Waals surface area contributed by atoms with Crippen molar-refractivity contribution < 1.29 is 36.3 Å². The SMILES string of the molecule is CC1(C)OCc2cc(C3CN(CCc4ccc(OCCOS(C)(=O)=O)cc4)C(=O)O3)ccc2O1. The highest BCUT2D eigenvalue weighted by Crippen LogP contribution is 2.35. The zero-order valence-corrected chi connectivity index (χ0v) is 20.3. The summed E-state index contributed by atoms with van der Waals surface area (Å²) in [6.45, 7) is 5.30. The lowest BCUT2D eigenvalue weighted by atomic mass is 10.0. The second kappa shape index (κ2) is 9.81. The van der Waals surface area contributed by atoms with Crippen molar-refractivity contribution in [3.8, 4) is 11.5 Å². The molecule has 2 heterocycles. The molecule has 2 aliphatic heterocycles. The molecule has 0 aromatic heterocycles. The Labute approximate surface area is 199 Å². The van der Waals surface area contributed by atoms with Crippen LogP contribution >= 0.6 is 0 Å². The van der Waals surface area contributed by atoms with E-state index in [0.29, 0.717) is 31.9 Å². The first kappa shape index (κ1) is 24.3. The summed E-state index contributed by atoms with van der Waals surface area (Å²) in [5.74, 6) is 0.754. The molecule has 2 aromatic carbocycles. The molecule has 184 valence electrons. The van der Waals surface area contributed by atoms with Gasteiger partial charge in [0.2, 0.25) is 5.79 Å². The van der Waals surface area contributed by atoms with Crippen LogP contribution in [0.3, 0.4) is 0 Å². The van der Waals surface area contributed by atoms with Crippen LogP contribution in [0.2, 0.25) is 0 Å². The molecule has 1 atom stereocenters.